The molecular weight excluding hydrogens is 364 g/mol. The van der Waals surface area contributed by atoms with Crippen LogP contribution in [-0.4, -0.2) is 25.7 Å². The Bertz CT molecular complexity index is 933. The Balaban J connectivity index is 2.10. The molecule has 1 aliphatic rings. The number of amides is 1. The van der Waals surface area contributed by atoms with Crippen molar-refractivity contribution in [3.05, 3.63) is 35.6 Å². The Morgan fingerprint density at radius 2 is 2.17 bits per heavy atom. The van der Waals surface area contributed by atoms with Gasteiger partial charge < -0.3 is 5.73 Å². The van der Waals surface area contributed by atoms with E-state index >= 15 is 0 Å². The maximum atomic E-state index is 12.2. The van der Waals surface area contributed by atoms with Crippen LogP contribution >= 0.6 is 0 Å². The van der Waals surface area contributed by atoms with Gasteiger partial charge in [0.25, 0.3) is 5.91 Å². The van der Waals surface area contributed by atoms with Crippen molar-refractivity contribution in [2.24, 2.45) is 11.7 Å². The van der Waals surface area contributed by atoms with Gasteiger partial charge in [-0.2, -0.15) is 10.4 Å². The molecule has 7 nitrogen and oxygen atoms in total. The third-order valence-electron chi connectivity index (χ3n) is 5.63. The Morgan fingerprint density at radius 1 is 1.41 bits per heavy atom. The SMILES string of the molecule is CCC/C=C\c1c(C)ncnc1-c1cn(C(CC#N)C2CCCC2)nc1C(N)=O. The number of aromatic nitrogens is 4. The number of primary amides is 1. The van der Waals surface area contributed by atoms with E-state index in [4.69, 9.17) is 5.73 Å². The van der Waals surface area contributed by atoms with Crippen molar-refractivity contribution >= 4 is 12.0 Å². The minimum atomic E-state index is -0.597. The van der Waals surface area contributed by atoms with Crippen LogP contribution in [0.1, 0.15) is 79.7 Å². The number of rotatable bonds is 8. The van der Waals surface area contributed by atoms with E-state index < -0.39 is 5.91 Å². The summed E-state index contributed by atoms with van der Waals surface area (Å²) in [7, 11) is 0. The molecule has 2 N–H and O–H groups in total. The highest BCUT2D eigenvalue weighted by Gasteiger charge is 2.29. The zero-order chi connectivity index (χ0) is 20.8. The maximum absolute atomic E-state index is 12.2. The van der Waals surface area contributed by atoms with Crippen molar-refractivity contribution in [3.8, 4) is 17.3 Å². The Labute approximate surface area is 171 Å². The molecule has 7 heteroatoms. The van der Waals surface area contributed by atoms with Crippen molar-refractivity contribution < 1.29 is 4.79 Å². The number of nitrogens with two attached hydrogens (primary N) is 1. The second-order valence-corrected chi connectivity index (χ2v) is 7.62. The second kappa shape index (κ2) is 9.46. The van der Waals surface area contributed by atoms with Crippen molar-refractivity contribution in [2.75, 3.05) is 0 Å². The summed E-state index contributed by atoms with van der Waals surface area (Å²) in [6, 6.07) is 2.22. The van der Waals surface area contributed by atoms with Gasteiger partial charge >= 0.3 is 0 Å². The lowest BCUT2D eigenvalue weighted by Gasteiger charge is -2.21. The van der Waals surface area contributed by atoms with E-state index in [1.165, 1.54) is 19.2 Å². The van der Waals surface area contributed by atoms with E-state index in [1.807, 2.05) is 19.2 Å². The summed E-state index contributed by atoms with van der Waals surface area (Å²) >= 11 is 0. The van der Waals surface area contributed by atoms with Gasteiger partial charge in [-0.05, 0) is 32.1 Å². The van der Waals surface area contributed by atoms with E-state index in [-0.39, 0.29) is 11.7 Å². The molecule has 0 spiro atoms. The zero-order valence-corrected chi connectivity index (χ0v) is 17.1. The molecule has 3 rings (SSSR count). The van der Waals surface area contributed by atoms with Crippen LogP contribution in [0.3, 0.4) is 0 Å². The van der Waals surface area contributed by atoms with Gasteiger partial charge in [0.05, 0.1) is 29.8 Å². The quantitative estimate of drug-likeness (QED) is 0.723. The van der Waals surface area contributed by atoms with Gasteiger partial charge in [-0.1, -0.05) is 38.3 Å². The van der Waals surface area contributed by atoms with Crippen molar-refractivity contribution in [3.63, 3.8) is 0 Å². The largest absolute Gasteiger partial charge is 0.364 e. The fourth-order valence-electron chi connectivity index (χ4n) is 4.09. The van der Waals surface area contributed by atoms with Crippen molar-refractivity contribution in [1.29, 1.82) is 5.26 Å². The summed E-state index contributed by atoms with van der Waals surface area (Å²) in [5.41, 5.74) is 8.78. The van der Waals surface area contributed by atoms with Crippen LogP contribution in [0.5, 0.6) is 0 Å². The number of unbranched alkanes of at least 4 members (excludes halogenated alkanes) is 1. The summed E-state index contributed by atoms with van der Waals surface area (Å²) in [6.07, 6.45) is 14.2. The lowest BCUT2D eigenvalue weighted by molar-refractivity contribution is 0.0994. The monoisotopic (exact) mass is 392 g/mol. The number of hydrogen-bond donors (Lipinski definition) is 1. The molecule has 0 bridgehead atoms. The van der Waals surface area contributed by atoms with E-state index in [1.54, 1.807) is 4.68 Å². The highest BCUT2D eigenvalue weighted by molar-refractivity contribution is 5.98. The smallest absolute Gasteiger partial charge is 0.269 e. The van der Waals surface area contributed by atoms with Gasteiger partial charge in [0.15, 0.2) is 5.69 Å². The normalized spacial score (nSPS) is 15.6. The summed E-state index contributed by atoms with van der Waals surface area (Å²) in [6.45, 7) is 4.04. The Morgan fingerprint density at radius 3 is 2.83 bits per heavy atom. The van der Waals surface area contributed by atoms with Crippen LogP contribution in [-0.2, 0) is 0 Å². The lowest BCUT2D eigenvalue weighted by atomic mass is 9.96. The van der Waals surface area contributed by atoms with Crippen molar-refractivity contribution in [1.82, 2.24) is 19.7 Å². The molecule has 0 radical (unpaired) electrons. The number of allylic oxidation sites excluding steroid dienone is 1. The number of aryl methyl sites for hydroxylation is 1. The highest BCUT2D eigenvalue weighted by atomic mass is 16.1. The molecule has 2 aromatic rings. The van der Waals surface area contributed by atoms with E-state index in [9.17, 15) is 10.1 Å². The molecule has 2 heterocycles. The van der Waals surface area contributed by atoms with E-state index in [0.717, 1.165) is 36.9 Å². The molecule has 29 heavy (non-hydrogen) atoms. The molecule has 1 atom stereocenters. The van der Waals surface area contributed by atoms with Crippen LogP contribution in [0.4, 0.5) is 0 Å². The standard InChI is InChI=1S/C22H28N6O/c1-3-4-5-10-17-15(2)25-14-26-20(17)18-13-28(27-21(18)22(24)29)19(11-12-23)16-8-6-7-9-16/h5,10,13-14,16,19H,3-4,6-9,11H2,1-2H3,(H2,24,29)/b10-5-. The minimum Gasteiger partial charge on any atom is -0.364 e. The molecule has 2 aromatic heterocycles. The molecule has 1 unspecified atom stereocenters. The first-order valence-corrected chi connectivity index (χ1v) is 10.3. The fraction of sp³-hybridized carbons (Fsp3) is 0.500. The van der Waals surface area contributed by atoms with Gasteiger partial charge in [-0.15, -0.1) is 0 Å². The molecule has 1 aliphatic carbocycles. The maximum Gasteiger partial charge on any atom is 0.269 e. The number of nitriles is 1. The van der Waals surface area contributed by atoms with Crippen LogP contribution in [0.25, 0.3) is 17.3 Å². The molecule has 1 amide bonds. The number of carbonyl (C=O) groups excluding carboxylic acids is 1. The van der Waals surface area contributed by atoms with Gasteiger partial charge in [0.1, 0.15) is 6.33 Å². The number of nitrogens with zero attached hydrogens (tertiary/aromatic N) is 5. The first-order valence-electron chi connectivity index (χ1n) is 10.3. The van der Waals surface area contributed by atoms with Crippen molar-refractivity contribution in [2.45, 2.75) is 64.8 Å². The summed E-state index contributed by atoms with van der Waals surface area (Å²) < 4.78 is 1.77. The zero-order valence-electron chi connectivity index (χ0n) is 17.1. The third kappa shape index (κ3) is 4.53. The topological polar surface area (TPSA) is 110 Å². The van der Waals surface area contributed by atoms with Crippen LogP contribution in [0.2, 0.25) is 0 Å². The van der Waals surface area contributed by atoms with Gasteiger partial charge in [-0.25, -0.2) is 9.97 Å². The lowest BCUT2D eigenvalue weighted by Crippen LogP contribution is -2.19. The third-order valence-corrected chi connectivity index (χ3v) is 5.63. The average molecular weight is 393 g/mol. The second-order valence-electron chi connectivity index (χ2n) is 7.62. The number of hydrogen-bond acceptors (Lipinski definition) is 5. The molecule has 1 fully saturated rings. The molecule has 0 aromatic carbocycles. The fourth-order valence-corrected chi connectivity index (χ4v) is 4.09. The highest BCUT2D eigenvalue weighted by Crippen LogP contribution is 2.37. The molecule has 0 saturated heterocycles. The Hall–Kier alpha value is -3.01. The summed E-state index contributed by atoms with van der Waals surface area (Å²) in [5.74, 6) is -0.209. The summed E-state index contributed by atoms with van der Waals surface area (Å²) in [4.78, 5) is 21.0. The first kappa shape index (κ1) is 20.7. The van der Waals surface area contributed by atoms with Gasteiger partial charge in [-0.3, -0.25) is 9.48 Å². The predicted octanol–water partition coefficient (Wildman–Crippen LogP) is 4.21. The Kier molecular flexibility index (Phi) is 6.76. The molecular formula is C22H28N6O. The number of carbonyl (C=O) groups is 1. The van der Waals surface area contributed by atoms with Gasteiger partial charge in [0, 0.05) is 17.5 Å². The van der Waals surface area contributed by atoms with Crippen LogP contribution in [0, 0.1) is 24.2 Å². The minimum absolute atomic E-state index is 0.0589. The predicted molar refractivity (Wildman–Crippen MR) is 112 cm³/mol. The molecule has 152 valence electrons. The molecule has 1 saturated carbocycles. The molecule has 0 aliphatic heterocycles. The average Bonchev–Trinajstić information content (AvgIpc) is 3.38. The van der Waals surface area contributed by atoms with E-state index in [0.29, 0.717) is 23.6 Å². The summed E-state index contributed by atoms with van der Waals surface area (Å²) in [5, 5.41) is 13.9. The first-order chi connectivity index (χ1) is 14.1. The van der Waals surface area contributed by atoms with E-state index in [2.05, 4.69) is 34.1 Å². The van der Waals surface area contributed by atoms with Gasteiger partial charge in [0.2, 0.25) is 0 Å². The van der Waals surface area contributed by atoms with Crippen LogP contribution < -0.4 is 5.73 Å². The van der Waals surface area contributed by atoms with Crippen LogP contribution in [0.15, 0.2) is 18.6 Å².